The van der Waals surface area contributed by atoms with E-state index in [1.807, 2.05) is 60.7 Å². The summed E-state index contributed by atoms with van der Waals surface area (Å²) in [6, 6.07) is 18.7. The maximum Gasteiger partial charge on any atom is 0.410 e. The SMILES string of the molecule is CC(C)CCC(O)CN(C)C(=O)O[C@@H](Cc1ccccc1)C(=O)OCc1ccccc1. The van der Waals surface area contributed by atoms with Gasteiger partial charge in [-0.2, -0.15) is 0 Å². The first-order chi connectivity index (χ1) is 14.8. The third kappa shape index (κ3) is 9.22. The summed E-state index contributed by atoms with van der Waals surface area (Å²) in [5.41, 5.74) is 1.71. The number of aliphatic hydroxyl groups is 1. The quantitative estimate of drug-likeness (QED) is 0.544. The average molecular weight is 428 g/mol. The highest BCUT2D eigenvalue weighted by atomic mass is 16.6. The molecule has 6 heteroatoms. The van der Waals surface area contributed by atoms with Gasteiger partial charge < -0.3 is 19.5 Å². The Morgan fingerprint density at radius 1 is 0.935 bits per heavy atom. The molecule has 2 aromatic rings. The van der Waals surface area contributed by atoms with Crippen LogP contribution in [0.1, 0.15) is 37.8 Å². The van der Waals surface area contributed by atoms with Crippen LogP contribution in [0.2, 0.25) is 0 Å². The smallest absolute Gasteiger partial charge is 0.410 e. The standard InChI is InChI=1S/C25H33NO5/c1-19(2)14-15-22(27)17-26(3)25(29)31-23(16-20-10-6-4-7-11-20)24(28)30-18-21-12-8-5-9-13-21/h4-13,19,22-23,27H,14-18H2,1-3H3/t22?,23-/m0/s1. The molecule has 0 radical (unpaired) electrons. The van der Waals surface area contributed by atoms with Gasteiger partial charge in [-0.15, -0.1) is 0 Å². The molecule has 0 fully saturated rings. The van der Waals surface area contributed by atoms with Crippen molar-refractivity contribution in [1.29, 1.82) is 0 Å². The van der Waals surface area contributed by atoms with Gasteiger partial charge >= 0.3 is 12.1 Å². The number of amides is 1. The summed E-state index contributed by atoms with van der Waals surface area (Å²) in [4.78, 5) is 26.6. The molecular weight excluding hydrogens is 394 g/mol. The van der Waals surface area contributed by atoms with Gasteiger partial charge in [0, 0.05) is 20.0 Å². The Kier molecular flexibility index (Phi) is 10.0. The zero-order chi connectivity index (χ0) is 22.6. The summed E-state index contributed by atoms with van der Waals surface area (Å²) in [7, 11) is 1.55. The third-order valence-corrected chi connectivity index (χ3v) is 4.87. The van der Waals surface area contributed by atoms with Crippen molar-refractivity contribution in [2.24, 2.45) is 5.92 Å². The maximum absolute atomic E-state index is 12.7. The van der Waals surface area contributed by atoms with Gasteiger partial charge in [-0.3, -0.25) is 0 Å². The lowest BCUT2D eigenvalue weighted by atomic mass is 10.0. The number of ether oxygens (including phenoxy) is 2. The number of esters is 1. The Hall–Kier alpha value is -2.86. The number of carbonyl (C=O) groups is 2. The summed E-state index contributed by atoms with van der Waals surface area (Å²) < 4.78 is 10.9. The number of aliphatic hydroxyl groups excluding tert-OH is 1. The highest BCUT2D eigenvalue weighted by Gasteiger charge is 2.27. The van der Waals surface area contributed by atoms with Gasteiger partial charge in [-0.1, -0.05) is 74.5 Å². The van der Waals surface area contributed by atoms with Crippen LogP contribution in [0.25, 0.3) is 0 Å². The van der Waals surface area contributed by atoms with Gasteiger partial charge in [0.2, 0.25) is 6.10 Å². The van der Waals surface area contributed by atoms with Crippen LogP contribution < -0.4 is 0 Å². The molecule has 0 saturated heterocycles. The predicted octanol–water partition coefficient (Wildman–Crippen LogP) is 4.21. The van der Waals surface area contributed by atoms with Gasteiger partial charge in [-0.05, 0) is 29.9 Å². The van der Waals surface area contributed by atoms with Crippen LogP contribution in [0.15, 0.2) is 60.7 Å². The summed E-state index contributed by atoms with van der Waals surface area (Å²) in [6.45, 7) is 4.41. The van der Waals surface area contributed by atoms with Crippen molar-refractivity contribution in [2.75, 3.05) is 13.6 Å². The molecule has 1 N–H and O–H groups in total. The number of hydrogen-bond donors (Lipinski definition) is 1. The second kappa shape index (κ2) is 12.7. The Morgan fingerprint density at radius 2 is 1.52 bits per heavy atom. The molecular formula is C25H33NO5. The Balaban J connectivity index is 1.98. The molecule has 0 aliphatic heterocycles. The molecule has 168 valence electrons. The fourth-order valence-electron chi connectivity index (χ4n) is 3.04. The molecule has 0 bridgehead atoms. The van der Waals surface area contributed by atoms with E-state index in [0.29, 0.717) is 12.3 Å². The molecule has 2 atom stereocenters. The van der Waals surface area contributed by atoms with Crippen molar-refractivity contribution in [3.8, 4) is 0 Å². The van der Waals surface area contributed by atoms with Crippen molar-refractivity contribution in [3.63, 3.8) is 0 Å². The predicted molar refractivity (Wildman–Crippen MR) is 119 cm³/mol. The number of rotatable bonds is 11. The molecule has 1 unspecified atom stereocenters. The Bertz CT molecular complexity index is 794. The lowest BCUT2D eigenvalue weighted by Gasteiger charge is -2.24. The van der Waals surface area contributed by atoms with Gasteiger partial charge in [-0.25, -0.2) is 9.59 Å². The fraction of sp³-hybridized carbons (Fsp3) is 0.440. The first kappa shape index (κ1) is 24.4. The van der Waals surface area contributed by atoms with E-state index in [0.717, 1.165) is 17.5 Å². The van der Waals surface area contributed by atoms with E-state index in [4.69, 9.17) is 9.47 Å². The lowest BCUT2D eigenvalue weighted by Crippen LogP contribution is -2.40. The second-order valence-electron chi connectivity index (χ2n) is 8.16. The molecule has 0 aliphatic carbocycles. The summed E-state index contributed by atoms with van der Waals surface area (Å²) in [6.07, 6.45) is -0.703. The van der Waals surface area contributed by atoms with E-state index >= 15 is 0 Å². The van der Waals surface area contributed by atoms with Crippen LogP contribution in [-0.2, 0) is 27.3 Å². The van der Waals surface area contributed by atoms with E-state index in [1.54, 1.807) is 7.05 Å². The first-order valence-corrected chi connectivity index (χ1v) is 10.7. The summed E-state index contributed by atoms with van der Waals surface area (Å²) in [5.74, 6) is -0.128. The van der Waals surface area contributed by atoms with Crippen LogP contribution in [-0.4, -0.2) is 47.9 Å². The number of carbonyl (C=O) groups excluding carboxylic acids is 2. The molecule has 0 saturated carbocycles. The van der Waals surface area contributed by atoms with Crippen LogP contribution in [0.3, 0.4) is 0 Å². The molecule has 2 rings (SSSR count). The Morgan fingerprint density at radius 3 is 2.10 bits per heavy atom. The average Bonchev–Trinajstić information content (AvgIpc) is 2.77. The highest BCUT2D eigenvalue weighted by molar-refractivity contribution is 5.79. The van der Waals surface area contributed by atoms with Gasteiger partial charge in [0.05, 0.1) is 6.10 Å². The zero-order valence-corrected chi connectivity index (χ0v) is 18.6. The second-order valence-corrected chi connectivity index (χ2v) is 8.16. The number of hydrogen-bond acceptors (Lipinski definition) is 5. The molecule has 0 spiro atoms. The van der Waals surface area contributed by atoms with Crippen LogP contribution >= 0.6 is 0 Å². The monoisotopic (exact) mass is 427 g/mol. The van der Waals surface area contributed by atoms with Crippen molar-refractivity contribution in [1.82, 2.24) is 4.90 Å². The topological polar surface area (TPSA) is 76.1 Å². The summed E-state index contributed by atoms with van der Waals surface area (Å²) in [5, 5.41) is 10.2. The number of likely N-dealkylation sites (N-methyl/N-ethyl adjacent to an activating group) is 1. The molecule has 0 aromatic heterocycles. The fourth-order valence-corrected chi connectivity index (χ4v) is 3.04. The minimum Gasteiger partial charge on any atom is -0.458 e. The van der Waals surface area contributed by atoms with Gasteiger partial charge in [0.25, 0.3) is 0 Å². The molecule has 6 nitrogen and oxygen atoms in total. The third-order valence-electron chi connectivity index (χ3n) is 4.87. The van der Waals surface area contributed by atoms with E-state index in [-0.39, 0.29) is 19.6 Å². The number of benzene rings is 2. The largest absolute Gasteiger partial charge is 0.458 e. The molecule has 0 aliphatic rings. The normalized spacial score (nSPS) is 12.8. The van der Waals surface area contributed by atoms with Crippen molar-refractivity contribution < 1.29 is 24.2 Å². The van der Waals surface area contributed by atoms with E-state index in [2.05, 4.69) is 13.8 Å². The first-order valence-electron chi connectivity index (χ1n) is 10.7. The molecule has 1 amide bonds. The van der Waals surface area contributed by atoms with Crippen molar-refractivity contribution >= 4 is 12.1 Å². The molecule has 31 heavy (non-hydrogen) atoms. The van der Waals surface area contributed by atoms with Crippen LogP contribution in [0, 0.1) is 5.92 Å². The van der Waals surface area contributed by atoms with Crippen molar-refractivity contribution in [2.45, 2.75) is 51.9 Å². The van der Waals surface area contributed by atoms with E-state index in [9.17, 15) is 14.7 Å². The summed E-state index contributed by atoms with van der Waals surface area (Å²) >= 11 is 0. The minimum absolute atomic E-state index is 0.103. The Labute approximate surface area is 184 Å². The lowest BCUT2D eigenvalue weighted by molar-refractivity contribution is -0.155. The van der Waals surface area contributed by atoms with Gasteiger partial charge in [0.15, 0.2) is 0 Å². The highest BCUT2D eigenvalue weighted by Crippen LogP contribution is 2.13. The van der Waals surface area contributed by atoms with E-state index < -0.39 is 24.3 Å². The number of nitrogens with zero attached hydrogens (tertiary/aromatic N) is 1. The minimum atomic E-state index is -1.08. The van der Waals surface area contributed by atoms with Crippen molar-refractivity contribution in [3.05, 3.63) is 71.8 Å². The van der Waals surface area contributed by atoms with Crippen LogP contribution in [0.5, 0.6) is 0 Å². The zero-order valence-electron chi connectivity index (χ0n) is 18.6. The van der Waals surface area contributed by atoms with Crippen LogP contribution in [0.4, 0.5) is 4.79 Å². The van der Waals surface area contributed by atoms with E-state index in [1.165, 1.54) is 4.90 Å². The molecule has 0 heterocycles. The maximum atomic E-state index is 12.7. The van der Waals surface area contributed by atoms with Gasteiger partial charge in [0.1, 0.15) is 6.61 Å². The molecule has 2 aromatic carbocycles.